The maximum atomic E-state index is 12.4. The van der Waals surface area contributed by atoms with Crippen molar-refractivity contribution in [1.82, 2.24) is 20.2 Å². The van der Waals surface area contributed by atoms with Crippen molar-refractivity contribution in [1.29, 1.82) is 0 Å². The summed E-state index contributed by atoms with van der Waals surface area (Å²) in [5, 5.41) is 2.99. The number of amides is 2. The first-order chi connectivity index (χ1) is 11.7. The maximum absolute atomic E-state index is 12.4. The molecule has 2 aliphatic heterocycles. The zero-order valence-corrected chi connectivity index (χ0v) is 13.7. The van der Waals surface area contributed by atoms with Crippen LogP contribution in [0.2, 0.25) is 0 Å². The van der Waals surface area contributed by atoms with E-state index in [-0.39, 0.29) is 12.1 Å². The number of rotatable bonds is 2. The Morgan fingerprint density at radius 1 is 1.38 bits per heavy atom. The second kappa shape index (κ2) is 6.11. The quantitative estimate of drug-likeness (QED) is 0.915. The predicted octanol–water partition coefficient (Wildman–Crippen LogP) is 1.86. The highest BCUT2D eigenvalue weighted by molar-refractivity contribution is 5.74. The van der Waals surface area contributed by atoms with Crippen molar-refractivity contribution >= 4 is 6.03 Å². The van der Waals surface area contributed by atoms with Gasteiger partial charge in [0.1, 0.15) is 17.7 Å². The molecule has 124 valence electrons. The van der Waals surface area contributed by atoms with E-state index in [0.717, 1.165) is 35.7 Å². The normalized spacial score (nSPS) is 18.5. The molecule has 3 heterocycles. The molecular formula is C18H20N4O2. The number of para-hydroxylation sites is 1. The molecule has 1 aromatic carbocycles. The van der Waals surface area contributed by atoms with Crippen molar-refractivity contribution in [3.05, 3.63) is 53.1 Å². The smallest absolute Gasteiger partial charge is 0.317 e. The molecule has 0 spiro atoms. The summed E-state index contributed by atoms with van der Waals surface area (Å²) in [6.45, 7) is 3.65. The van der Waals surface area contributed by atoms with Crippen molar-refractivity contribution < 1.29 is 9.53 Å². The van der Waals surface area contributed by atoms with Gasteiger partial charge in [-0.2, -0.15) is 0 Å². The van der Waals surface area contributed by atoms with Crippen molar-refractivity contribution in [2.75, 3.05) is 13.1 Å². The summed E-state index contributed by atoms with van der Waals surface area (Å²) < 4.78 is 5.86. The fourth-order valence-electron chi connectivity index (χ4n) is 3.27. The van der Waals surface area contributed by atoms with Gasteiger partial charge in [-0.15, -0.1) is 0 Å². The number of carbonyl (C=O) groups excluding carboxylic acids is 1. The van der Waals surface area contributed by atoms with E-state index in [1.54, 1.807) is 0 Å². The SMILES string of the molecule is Cc1ncc2c(n1)CCN(C(=O)NCC1Cc3ccccc3O1)C2. The minimum Gasteiger partial charge on any atom is -0.488 e. The Bertz CT molecular complexity index is 752. The van der Waals surface area contributed by atoms with Crippen molar-refractivity contribution in [2.24, 2.45) is 0 Å². The van der Waals surface area contributed by atoms with E-state index in [9.17, 15) is 4.79 Å². The summed E-state index contributed by atoms with van der Waals surface area (Å²) in [6, 6.07) is 7.97. The molecule has 4 rings (SSSR count). The number of urea groups is 1. The second-order valence-corrected chi connectivity index (χ2v) is 6.30. The van der Waals surface area contributed by atoms with Crippen molar-refractivity contribution in [2.45, 2.75) is 32.4 Å². The first-order valence-corrected chi connectivity index (χ1v) is 8.28. The van der Waals surface area contributed by atoms with E-state index in [0.29, 0.717) is 19.6 Å². The van der Waals surface area contributed by atoms with E-state index in [1.165, 1.54) is 5.56 Å². The Hall–Kier alpha value is -2.63. The molecule has 2 amide bonds. The fraction of sp³-hybridized carbons (Fsp3) is 0.389. The number of nitrogens with one attached hydrogen (secondary N) is 1. The molecular weight excluding hydrogens is 304 g/mol. The van der Waals surface area contributed by atoms with Crippen LogP contribution in [-0.2, 0) is 19.4 Å². The topological polar surface area (TPSA) is 67.4 Å². The number of hydrogen-bond donors (Lipinski definition) is 1. The molecule has 1 unspecified atom stereocenters. The lowest BCUT2D eigenvalue weighted by molar-refractivity contribution is 0.179. The van der Waals surface area contributed by atoms with Gasteiger partial charge >= 0.3 is 6.03 Å². The van der Waals surface area contributed by atoms with Gasteiger partial charge in [-0.25, -0.2) is 14.8 Å². The molecule has 0 aliphatic carbocycles. The molecule has 2 aromatic rings. The van der Waals surface area contributed by atoms with Gasteiger partial charge in [0.05, 0.1) is 18.8 Å². The monoisotopic (exact) mass is 324 g/mol. The standard InChI is InChI=1S/C18H20N4O2/c1-12-19-9-14-11-22(7-6-16(14)21-12)18(23)20-10-15-8-13-4-2-3-5-17(13)24-15/h2-5,9,15H,6-8,10-11H2,1H3,(H,20,23). The van der Waals surface area contributed by atoms with Gasteiger partial charge in [0, 0.05) is 31.1 Å². The maximum Gasteiger partial charge on any atom is 0.317 e. The van der Waals surface area contributed by atoms with Gasteiger partial charge in [-0.1, -0.05) is 18.2 Å². The first kappa shape index (κ1) is 14.9. The van der Waals surface area contributed by atoms with Crippen LogP contribution >= 0.6 is 0 Å². The fourth-order valence-corrected chi connectivity index (χ4v) is 3.27. The van der Waals surface area contributed by atoms with Crippen LogP contribution in [-0.4, -0.2) is 40.1 Å². The number of benzene rings is 1. The van der Waals surface area contributed by atoms with E-state index in [1.807, 2.05) is 36.2 Å². The molecule has 6 nitrogen and oxygen atoms in total. The van der Waals surface area contributed by atoms with Crippen LogP contribution in [0.15, 0.2) is 30.5 Å². The Morgan fingerprint density at radius 3 is 3.12 bits per heavy atom. The molecule has 2 aliphatic rings. The lowest BCUT2D eigenvalue weighted by Crippen LogP contribution is -2.45. The van der Waals surface area contributed by atoms with Gasteiger partial charge in [-0.05, 0) is 18.6 Å². The molecule has 1 N–H and O–H groups in total. The zero-order valence-electron chi connectivity index (χ0n) is 13.7. The third kappa shape index (κ3) is 2.91. The Morgan fingerprint density at radius 2 is 2.25 bits per heavy atom. The molecule has 1 atom stereocenters. The number of hydrogen-bond acceptors (Lipinski definition) is 4. The van der Waals surface area contributed by atoms with E-state index in [2.05, 4.69) is 21.4 Å². The first-order valence-electron chi connectivity index (χ1n) is 8.28. The number of fused-ring (bicyclic) bond motifs is 2. The van der Waals surface area contributed by atoms with Gasteiger partial charge in [0.2, 0.25) is 0 Å². The zero-order chi connectivity index (χ0) is 16.5. The summed E-state index contributed by atoms with van der Waals surface area (Å²) in [5.41, 5.74) is 3.30. The predicted molar refractivity (Wildman–Crippen MR) is 88.8 cm³/mol. The van der Waals surface area contributed by atoms with Gasteiger partial charge in [-0.3, -0.25) is 0 Å². The molecule has 0 fully saturated rings. The van der Waals surface area contributed by atoms with Crippen LogP contribution in [0.5, 0.6) is 5.75 Å². The summed E-state index contributed by atoms with van der Waals surface area (Å²) in [5.74, 6) is 1.71. The second-order valence-electron chi connectivity index (χ2n) is 6.30. The lowest BCUT2D eigenvalue weighted by Gasteiger charge is -2.28. The van der Waals surface area contributed by atoms with Crippen LogP contribution in [0.1, 0.15) is 22.6 Å². The largest absolute Gasteiger partial charge is 0.488 e. The molecule has 1 aromatic heterocycles. The molecule has 6 heteroatoms. The summed E-state index contributed by atoms with van der Waals surface area (Å²) in [4.78, 5) is 22.9. The lowest BCUT2D eigenvalue weighted by atomic mass is 10.1. The highest BCUT2D eigenvalue weighted by atomic mass is 16.5. The Labute approximate surface area is 140 Å². The van der Waals surface area contributed by atoms with Crippen LogP contribution < -0.4 is 10.1 Å². The van der Waals surface area contributed by atoms with Crippen LogP contribution in [0, 0.1) is 6.92 Å². The third-order valence-electron chi connectivity index (χ3n) is 4.54. The average Bonchev–Trinajstić information content (AvgIpc) is 3.02. The summed E-state index contributed by atoms with van der Waals surface area (Å²) >= 11 is 0. The van der Waals surface area contributed by atoms with Gasteiger partial charge in [0.25, 0.3) is 0 Å². The number of carbonyl (C=O) groups is 1. The number of nitrogens with zero attached hydrogens (tertiary/aromatic N) is 3. The highest BCUT2D eigenvalue weighted by Gasteiger charge is 2.25. The van der Waals surface area contributed by atoms with E-state index < -0.39 is 0 Å². The molecule has 24 heavy (non-hydrogen) atoms. The van der Waals surface area contributed by atoms with Gasteiger partial charge in [0.15, 0.2) is 0 Å². The molecule has 0 saturated carbocycles. The summed E-state index contributed by atoms with van der Waals surface area (Å²) in [7, 11) is 0. The minimum atomic E-state index is -0.0548. The van der Waals surface area contributed by atoms with E-state index in [4.69, 9.17) is 4.74 Å². The van der Waals surface area contributed by atoms with Crippen molar-refractivity contribution in [3.8, 4) is 5.75 Å². The third-order valence-corrected chi connectivity index (χ3v) is 4.54. The molecule has 0 saturated heterocycles. The Balaban J connectivity index is 1.32. The number of aromatic nitrogens is 2. The van der Waals surface area contributed by atoms with Crippen LogP contribution in [0.25, 0.3) is 0 Å². The van der Waals surface area contributed by atoms with Gasteiger partial charge < -0.3 is 15.0 Å². The van der Waals surface area contributed by atoms with E-state index >= 15 is 0 Å². The molecule has 0 radical (unpaired) electrons. The molecule has 0 bridgehead atoms. The van der Waals surface area contributed by atoms with Crippen molar-refractivity contribution in [3.63, 3.8) is 0 Å². The average molecular weight is 324 g/mol. The summed E-state index contributed by atoms with van der Waals surface area (Å²) in [6.07, 6.45) is 3.45. The number of aryl methyl sites for hydroxylation is 1. The number of ether oxygens (including phenoxy) is 1. The highest BCUT2D eigenvalue weighted by Crippen LogP contribution is 2.27. The van der Waals surface area contributed by atoms with Crippen LogP contribution in [0.3, 0.4) is 0 Å². The minimum absolute atomic E-state index is 0.00871. The van der Waals surface area contributed by atoms with Crippen LogP contribution in [0.4, 0.5) is 4.79 Å². The Kier molecular flexibility index (Phi) is 3.80.